The van der Waals surface area contributed by atoms with Gasteiger partial charge in [0.05, 0.1) is 23.5 Å². The Morgan fingerprint density at radius 3 is 2.46 bits per heavy atom. The van der Waals surface area contributed by atoms with Crippen molar-refractivity contribution in [3.63, 3.8) is 0 Å². The first-order chi connectivity index (χ1) is 17.4. The Hall–Kier alpha value is -3.09. The van der Waals surface area contributed by atoms with Crippen LogP contribution >= 0.6 is 11.3 Å². The smallest absolute Gasteiger partial charge is 0.416 e. The number of ether oxygens (including phenoxy) is 2. The number of alkyl halides is 3. The van der Waals surface area contributed by atoms with Crippen LogP contribution in [0.15, 0.2) is 64.9 Å². The summed E-state index contributed by atoms with van der Waals surface area (Å²) in [5.74, 6) is 0.658. The minimum atomic E-state index is -4.70. The summed E-state index contributed by atoms with van der Waals surface area (Å²) in [6.45, 7) is 3.11. The molecule has 7 nitrogen and oxygen atoms in total. The fourth-order valence-corrected chi connectivity index (χ4v) is 6.18. The van der Waals surface area contributed by atoms with Gasteiger partial charge in [-0.3, -0.25) is 4.79 Å². The summed E-state index contributed by atoms with van der Waals surface area (Å²) in [4.78, 5) is 15.4. The molecule has 3 aromatic rings. The molecule has 0 bridgehead atoms. The lowest BCUT2D eigenvalue weighted by Crippen LogP contribution is -2.45. The van der Waals surface area contributed by atoms with E-state index < -0.39 is 45.2 Å². The molecule has 198 valence electrons. The second-order valence-electron chi connectivity index (χ2n) is 8.69. The number of rotatable bonds is 9. The lowest BCUT2D eigenvalue weighted by atomic mass is 10.2. The maximum absolute atomic E-state index is 13.5. The van der Waals surface area contributed by atoms with Gasteiger partial charge >= 0.3 is 6.18 Å². The number of amides is 1. The van der Waals surface area contributed by atoms with Crippen LogP contribution in [0.5, 0.6) is 11.5 Å². The molecule has 1 amide bonds. The molecule has 0 N–H and O–H groups in total. The van der Waals surface area contributed by atoms with Crippen molar-refractivity contribution in [1.82, 2.24) is 9.21 Å². The Bertz CT molecular complexity index is 1360. The molecule has 0 fully saturated rings. The molecule has 2 heterocycles. The minimum Gasteiger partial charge on any atom is -0.454 e. The summed E-state index contributed by atoms with van der Waals surface area (Å²) in [6, 6.07) is 11.9. The van der Waals surface area contributed by atoms with Gasteiger partial charge in [-0.25, -0.2) is 8.42 Å². The summed E-state index contributed by atoms with van der Waals surface area (Å²) in [6.07, 6.45) is -4.70. The molecular formula is C25H25F3N2O5S2. The van der Waals surface area contributed by atoms with E-state index in [9.17, 15) is 26.4 Å². The highest BCUT2D eigenvalue weighted by molar-refractivity contribution is 7.89. The van der Waals surface area contributed by atoms with Crippen molar-refractivity contribution in [3.05, 3.63) is 76.0 Å². The molecule has 2 aromatic carbocycles. The number of benzene rings is 2. The standard InChI is InChI=1S/C25H25F3N2O5S2/c1-17(2)30(37(32,33)21-7-3-5-19(12-21)25(26,27)28)15-24(31)29(14-20-6-4-10-36-20)13-18-8-9-22-23(11-18)35-16-34-22/h3-12,17H,13-16H2,1-2H3. The van der Waals surface area contributed by atoms with E-state index in [-0.39, 0.29) is 19.9 Å². The van der Waals surface area contributed by atoms with Gasteiger partial charge in [0.15, 0.2) is 11.5 Å². The summed E-state index contributed by atoms with van der Waals surface area (Å²) in [5, 5.41) is 1.87. The van der Waals surface area contributed by atoms with Gasteiger partial charge in [-0.05, 0) is 61.2 Å². The molecule has 12 heteroatoms. The maximum atomic E-state index is 13.5. The van der Waals surface area contributed by atoms with Crippen LogP contribution in [0.4, 0.5) is 13.2 Å². The van der Waals surface area contributed by atoms with Gasteiger partial charge in [-0.1, -0.05) is 18.2 Å². The van der Waals surface area contributed by atoms with E-state index in [1.54, 1.807) is 32.0 Å². The predicted octanol–water partition coefficient (Wildman–Crippen LogP) is 5.12. The predicted molar refractivity (Wildman–Crippen MR) is 132 cm³/mol. The van der Waals surface area contributed by atoms with E-state index >= 15 is 0 Å². The Morgan fingerprint density at radius 1 is 1.03 bits per heavy atom. The zero-order valence-electron chi connectivity index (χ0n) is 20.1. The van der Waals surface area contributed by atoms with Crippen molar-refractivity contribution in [2.45, 2.75) is 44.1 Å². The van der Waals surface area contributed by atoms with Gasteiger partial charge in [0, 0.05) is 17.5 Å². The third-order valence-electron chi connectivity index (χ3n) is 5.72. The van der Waals surface area contributed by atoms with Crippen LogP contribution in [0.3, 0.4) is 0 Å². The second-order valence-corrected chi connectivity index (χ2v) is 11.6. The third-order valence-corrected chi connectivity index (χ3v) is 8.60. The molecule has 0 saturated heterocycles. The van der Waals surface area contributed by atoms with Crippen LogP contribution in [0, 0.1) is 0 Å². The molecule has 1 aromatic heterocycles. The van der Waals surface area contributed by atoms with Crippen LogP contribution in [0.25, 0.3) is 0 Å². The van der Waals surface area contributed by atoms with Crippen LogP contribution in [-0.2, 0) is 34.1 Å². The Morgan fingerprint density at radius 2 is 1.78 bits per heavy atom. The first-order valence-electron chi connectivity index (χ1n) is 11.3. The summed E-state index contributed by atoms with van der Waals surface area (Å²) < 4.78 is 78.1. The Kier molecular flexibility index (Phi) is 7.81. The number of carbonyl (C=O) groups excluding carboxylic acids is 1. The maximum Gasteiger partial charge on any atom is 0.416 e. The fraction of sp³-hybridized carbons (Fsp3) is 0.320. The average Bonchev–Trinajstić information content (AvgIpc) is 3.53. The number of sulfonamides is 1. The highest BCUT2D eigenvalue weighted by Crippen LogP contribution is 2.34. The lowest BCUT2D eigenvalue weighted by Gasteiger charge is -2.29. The van der Waals surface area contributed by atoms with E-state index in [0.717, 1.165) is 32.9 Å². The number of halogens is 3. The molecule has 0 saturated carbocycles. The largest absolute Gasteiger partial charge is 0.454 e. The molecule has 0 unspecified atom stereocenters. The van der Waals surface area contributed by atoms with Crippen molar-refractivity contribution in [3.8, 4) is 11.5 Å². The molecule has 0 radical (unpaired) electrons. The third kappa shape index (κ3) is 6.25. The van der Waals surface area contributed by atoms with Crippen LogP contribution in [0.2, 0.25) is 0 Å². The summed E-state index contributed by atoms with van der Waals surface area (Å²) >= 11 is 1.45. The van der Waals surface area contributed by atoms with E-state index in [0.29, 0.717) is 17.6 Å². The van der Waals surface area contributed by atoms with Crippen molar-refractivity contribution in [2.24, 2.45) is 0 Å². The molecular weight excluding hydrogens is 529 g/mol. The van der Waals surface area contributed by atoms with Gasteiger partial charge in [0.1, 0.15) is 0 Å². The van der Waals surface area contributed by atoms with E-state index in [1.807, 2.05) is 17.5 Å². The van der Waals surface area contributed by atoms with Crippen molar-refractivity contribution >= 4 is 27.3 Å². The molecule has 1 aliphatic heterocycles. The number of nitrogens with zero attached hydrogens (tertiary/aromatic N) is 2. The molecule has 4 rings (SSSR count). The van der Waals surface area contributed by atoms with Gasteiger partial charge < -0.3 is 14.4 Å². The zero-order valence-corrected chi connectivity index (χ0v) is 21.7. The number of thiophene rings is 1. The number of carbonyl (C=O) groups is 1. The fourth-order valence-electron chi connectivity index (χ4n) is 3.83. The quantitative estimate of drug-likeness (QED) is 0.367. The average molecular weight is 555 g/mol. The molecule has 1 aliphatic rings. The number of hydrogen-bond donors (Lipinski definition) is 0. The Balaban J connectivity index is 1.60. The first kappa shape index (κ1) is 27.0. The molecule has 0 aliphatic carbocycles. The zero-order chi connectivity index (χ0) is 26.8. The second kappa shape index (κ2) is 10.7. The Labute approximate surface area is 217 Å². The van der Waals surface area contributed by atoms with E-state index in [1.165, 1.54) is 16.2 Å². The SMILES string of the molecule is CC(C)N(CC(=O)N(Cc1ccc2c(c1)OCO2)Cc1cccs1)S(=O)(=O)c1cccc(C(F)(F)F)c1. The summed E-state index contributed by atoms with van der Waals surface area (Å²) in [5.41, 5.74) is -0.322. The van der Waals surface area contributed by atoms with Crippen LogP contribution < -0.4 is 9.47 Å². The van der Waals surface area contributed by atoms with Gasteiger partial charge in [0.25, 0.3) is 0 Å². The molecule has 0 atom stereocenters. The number of fused-ring (bicyclic) bond motifs is 1. The van der Waals surface area contributed by atoms with Crippen molar-refractivity contribution in [2.75, 3.05) is 13.3 Å². The highest BCUT2D eigenvalue weighted by Gasteiger charge is 2.35. The van der Waals surface area contributed by atoms with Crippen LogP contribution in [0.1, 0.15) is 29.9 Å². The van der Waals surface area contributed by atoms with E-state index in [2.05, 4.69) is 0 Å². The van der Waals surface area contributed by atoms with Gasteiger partial charge in [-0.15, -0.1) is 11.3 Å². The number of hydrogen-bond acceptors (Lipinski definition) is 6. The monoisotopic (exact) mass is 554 g/mol. The van der Waals surface area contributed by atoms with Gasteiger partial charge in [-0.2, -0.15) is 17.5 Å². The van der Waals surface area contributed by atoms with Crippen LogP contribution in [-0.4, -0.2) is 42.9 Å². The molecule has 0 spiro atoms. The lowest BCUT2D eigenvalue weighted by molar-refractivity contribution is -0.137. The highest BCUT2D eigenvalue weighted by atomic mass is 32.2. The minimum absolute atomic E-state index is 0.105. The summed E-state index contributed by atoms with van der Waals surface area (Å²) in [7, 11) is -4.40. The topological polar surface area (TPSA) is 76.2 Å². The molecule has 37 heavy (non-hydrogen) atoms. The van der Waals surface area contributed by atoms with Crippen molar-refractivity contribution in [1.29, 1.82) is 0 Å². The van der Waals surface area contributed by atoms with Crippen molar-refractivity contribution < 1.29 is 35.9 Å². The van der Waals surface area contributed by atoms with E-state index in [4.69, 9.17) is 9.47 Å². The normalized spacial score (nSPS) is 13.4. The first-order valence-corrected chi connectivity index (χ1v) is 13.6. The van der Waals surface area contributed by atoms with Gasteiger partial charge in [0.2, 0.25) is 22.7 Å².